The molecule has 1 N–H and O–H groups in total. The Hall–Kier alpha value is -2.66. The normalized spacial score (nSPS) is 20.6. The molecule has 2 fully saturated rings. The third kappa shape index (κ3) is 4.76. The number of carbonyl (C=O) groups excluding carboxylic acids is 3. The minimum Gasteiger partial charge on any atom is -0.358 e. The number of carbonyl (C=O) groups is 3. The fourth-order valence-corrected chi connectivity index (χ4v) is 5.83. The molecule has 186 valence electrons. The molecule has 1 aromatic carbocycles. The Morgan fingerprint density at radius 1 is 1.12 bits per heavy atom. The lowest BCUT2D eigenvalue weighted by Gasteiger charge is -2.45. The van der Waals surface area contributed by atoms with E-state index in [1.807, 2.05) is 4.90 Å². The van der Waals surface area contributed by atoms with Gasteiger partial charge in [-0.05, 0) is 50.3 Å². The van der Waals surface area contributed by atoms with E-state index in [4.69, 9.17) is 0 Å². The molecule has 34 heavy (non-hydrogen) atoms. The van der Waals surface area contributed by atoms with Crippen LogP contribution in [-0.4, -0.2) is 88.2 Å². The van der Waals surface area contributed by atoms with Gasteiger partial charge in [-0.2, -0.15) is 0 Å². The smallest absolute Gasteiger partial charge is 0.250 e. The van der Waals surface area contributed by atoms with Gasteiger partial charge in [0.1, 0.15) is 12.6 Å². The molecule has 3 aliphatic rings. The summed E-state index contributed by atoms with van der Waals surface area (Å²) in [5.74, 6) is -0.330. The second kappa shape index (κ2) is 9.91. The van der Waals surface area contributed by atoms with E-state index >= 15 is 0 Å². The Bertz CT molecular complexity index is 1070. The molecule has 0 saturated carbocycles. The van der Waals surface area contributed by atoms with Gasteiger partial charge in [0.15, 0.2) is 0 Å². The van der Waals surface area contributed by atoms with Gasteiger partial charge < -0.3 is 15.1 Å². The van der Waals surface area contributed by atoms with Crippen LogP contribution in [-0.2, 0) is 24.4 Å². The fourth-order valence-electron chi connectivity index (χ4n) is 4.91. The van der Waals surface area contributed by atoms with E-state index in [2.05, 4.69) is 5.32 Å². The van der Waals surface area contributed by atoms with E-state index in [-0.39, 0.29) is 35.2 Å². The van der Waals surface area contributed by atoms with Crippen molar-refractivity contribution in [3.63, 3.8) is 0 Å². The zero-order valence-electron chi connectivity index (χ0n) is 19.8. The summed E-state index contributed by atoms with van der Waals surface area (Å²) >= 11 is 0. The molecule has 1 aromatic rings. The van der Waals surface area contributed by atoms with Gasteiger partial charge >= 0.3 is 0 Å². The number of sulfonamides is 1. The van der Waals surface area contributed by atoms with Crippen molar-refractivity contribution in [2.45, 2.75) is 49.5 Å². The molecule has 2 saturated heterocycles. The Kier molecular flexibility index (Phi) is 7.13. The third-order valence-electron chi connectivity index (χ3n) is 6.78. The van der Waals surface area contributed by atoms with Crippen molar-refractivity contribution in [1.82, 2.24) is 14.5 Å². The van der Waals surface area contributed by atoms with E-state index in [1.54, 1.807) is 17.0 Å². The molecule has 11 heteroatoms. The highest BCUT2D eigenvalue weighted by atomic mass is 32.2. The van der Waals surface area contributed by atoms with E-state index < -0.39 is 10.0 Å². The van der Waals surface area contributed by atoms with Crippen molar-refractivity contribution in [3.8, 4) is 0 Å². The van der Waals surface area contributed by atoms with Crippen LogP contribution in [0.2, 0.25) is 0 Å². The molecule has 10 nitrogen and oxygen atoms in total. The molecule has 0 aliphatic carbocycles. The van der Waals surface area contributed by atoms with E-state index in [9.17, 15) is 22.8 Å². The molecule has 4 rings (SSSR count). The van der Waals surface area contributed by atoms with Crippen LogP contribution in [0.15, 0.2) is 23.1 Å². The first-order chi connectivity index (χ1) is 16.2. The second-order valence-corrected chi connectivity index (χ2v) is 11.4. The average Bonchev–Trinajstić information content (AvgIpc) is 3.23. The van der Waals surface area contributed by atoms with Gasteiger partial charge in [0.05, 0.1) is 16.3 Å². The molecule has 1 atom stereocenters. The summed E-state index contributed by atoms with van der Waals surface area (Å²) in [5, 5.41) is 2.84. The van der Waals surface area contributed by atoms with Crippen molar-refractivity contribution >= 4 is 39.1 Å². The summed E-state index contributed by atoms with van der Waals surface area (Å²) in [5.41, 5.74) is 1.23. The molecule has 3 amide bonds. The number of hydrogen-bond acceptors (Lipinski definition) is 6. The van der Waals surface area contributed by atoms with Gasteiger partial charge in [0.25, 0.3) is 0 Å². The summed E-state index contributed by atoms with van der Waals surface area (Å²) in [6.45, 7) is 2.32. The Labute approximate surface area is 200 Å². The summed E-state index contributed by atoms with van der Waals surface area (Å²) < 4.78 is 26.6. The monoisotopic (exact) mass is 491 g/mol. The molecular weight excluding hydrogens is 458 g/mol. The van der Waals surface area contributed by atoms with Crippen LogP contribution in [0.3, 0.4) is 0 Å². The first-order valence-corrected chi connectivity index (χ1v) is 13.3. The number of hydrogen-bond donors (Lipinski definition) is 1. The number of benzene rings is 1. The highest BCUT2D eigenvalue weighted by molar-refractivity contribution is 7.89. The number of nitrogens with one attached hydrogen (secondary N) is 1. The van der Waals surface area contributed by atoms with Gasteiger partial charge in [0.2, 0.25) is 27.7 Å². The van der Waals surface area contributed by atoms with E-state index in [1.165, 1.54) is 25.1 Å². The molecule has 0 bridgehead atoms. The number of anilines is 2. The van der Waals surface area contributed by atoms with Crippen molar-refractivity contribution in [3.05, 3.63) is 18.2 Å². The van der Waals surface area contributed by atoms with Gasteiger partial charge in [-0.25, -0.2) is 12.7 Å². The number of amides is 3. The van der Waals surface area contributed by atoms with Crippen LogP contribution < -0.4 is 15.1 Å². The molecule has 0 unspecified atom stereocenters. The topological polar surface area (TPSA) is 110 Å². The van der Waals surface area contributed by atoms with Crippen molar-refractivity contribution in [2.24, 2.45) is 0 Å². The van der Waals surface area contributed by atoms with Crippen molar-refractivity contribution in [1.29, 1.82) is 0 Å². The Balaban J connectivity index is 1.51. The lowest BCUT2D eigenvalue weighted by atomic mass is 9.96. The summed E-state index contributed by atoms with van der Waals surface area (Å²) in [7, 11) is -0.776. The summed E-state index contributed by atoms with van der Waals surface area (Å²) in [6.07, 6.45) is 4.71. The molecule has 0 aromatic heterocycles. The van der Waals surface area contributed by atoms with Crippen LogP contribution >= 0.6 is 0 Å². The number of fused-ring (bicyclic) bond motifs is 3. The van der Waals surface area contributed by atoms with Gasteiger partial charge in [-0.15, -0.1) is 0 Å². The van der Waals surface area contributed by atoms with E-state index in [0.717, 1.165) is 42.3 Å². The highest BCUT2D eigenvalue weighted by Gasteiger charge is 2.40. The van der Waals surface area contributed by atoms with Crippen LogP contribution in [0.5, 0.6) is 0 Å². The largest absolute Gasteiger partial charge is 0.358 e. The van der Waals surface area contributed by atoms with E-state index in [0.29, 0.717) is 38.0 Å². The van der Waals surface area contributed by atoms with Gasteiger partial charge in [-0.3, -0.25) is 19.3 Å². The summed E-state index contributed by atoms with van der Waals surface area (Å²) in [4.78, 5) is 43.2. The lowest BCUT2D eigenvalue weighted by molar-refractivity contribution is -0.127. The standard InChI is InChI=1S/C23H33N5O5S/c1-25(2)34(32,33)17-9-10-18-20(15-17)28(23(31)19-7-3-4-14-27(18)19)16-21(29)24-11-6-13-26-12-5-8-22(26)30/h9-10,15,19H,3-8,11-14,16H2,1-2H3,(H,24,29)/t19-/m0/s1. The minimum atomic E-state index is -3.70. The maximum atomic E-state index is 13.4. The molecule has 0 spiro atoms. The van der Waals surface area contributed by atoms with Crippen LogP contribution in [0.4, 0.5) is 11.4 Å². The van der Waals surface area contributed by atoms with Gasteiger partial charge in [0, 0.05) is 46.7 Å². The molecule has 3 heterocycles. The Morgan fingerprint density at radius 3 is 2.62 bits per heavy atom. The first-order valence-electron chi connectivity index (χ1n) is 11.9. The maximum Gasteiger partial charge on any atom is 0.250 e. The van der Waals surface area contributed by atoms with Crippen LogP contribution in [0, 0.1) is 0 Å². The maximum absolute atomic E-state index is 13.4. The number of nitrogens with zero attached hydrogens (tertiary/aromatic N) is 4. The SMILES string of the molecule is CN(C)S(=O)(=O)c1ccc2c(c1)N(CC(=O)NCCCN1CCCC1=O)C(=O)[C@@H]1CCCCN21. The Morgan fingerprint density at radius 2 is 1.91 bits per heavy atom. The predicted molar refractivity (Wildman–Crippen MR) is 128 cm³/mol. The fraction of sp³-hybridized carbons (Fsp3) is 0.609. The molecule has 0 radical (unpaired) electrons. The first kappa shape index (κ1) is 24.5. The highest BCUT2D eigenvalue weighted by Crippen LogP contribution is 2.40. The zero-order chi connectivity index (χ0) is 24.5. The lowest BCUT2D eigenvalue weighted by Crippen LogP contribution is -2.57. The summed E-state index contributed by atoms with van der Waals surface area (Å²) in [6, 6.07) is 4.47. The molecule has 3 aliphatic heterocycles. The average molecular weight is 492 g/mol. The minimum absolute atomic E-state index is 0.0835. The van der Waals surface area contributed by atoms with Crippen molar-refractivity contribution < 1.29 is 22.8 Å². The van der Waals surface area contributed by atoms with Crippen LogP contribution in [0.1, 0.15) is 38.5 Å². The quantitative estimate of drug-likeness (QED) is 0.538. The number of rotatable bonds is 8. The number of piperidine rings is 1. The predicted octanol–water partition coefficient (Wildman–Crippen LogP) is 0.771. The number of likely N-dealkylation sites (tertiary alicyclic amines) is 1. The third-order valence-corrected chi connectivity index (χ3v) is 8.59. The van der Waals surface area contributed by atoms with Crippen molar-refractivity contribution in [2.75, 3.05) is 56.6 Å². The molecular formula is C23H33N5O5S. The zero-order valence-corrected chi connectivity index (χ0v) is 20.6. The second-order valence-electron chi connectivity index (χ2n) is 9.26. The van der Waals surface area contributed by atoms with Gasteiger partial charge in [-0.1, -0.05) is 0 Å². The van der Waals surface area contributed by atoms with Crippen LogP contribution in [0.25, 0.3) is 0 Å².